The average molecular weight is 372 g/mol. The maximum atomic E-state index is 12.1. The molecule has 0 aliphatic carbocycles. The molecule has 0 bridgehead atoms. The molecular weight excluding hydrogens is 352 g/mol. The topological polar surface area (TPSA) is 107 Å². The fourth-order valence-corrected chi connectivity index (χ4v) is 2.62. The van der Waals surface area contributed by atoms with Gasteiger partial charge < -0.3 is 24.5 Å². The maximum Gasteiger partial charge on any atom is 0.355 e. The molecule has 2 N–H and O–H groups in total. The molecule has 1 aromatic heterocycles. The van der Waals surface area contributed by atoms with Crippen LogP contribution in [-0.4, -0.2) is 42.5 Å². The summed E-state index contributed by atoms with van der Waals surface area (Å²) < 4.78 is 16.0. The first-order chi connectivity index (χ1) is 12.9. The van der Waals surface area contributed by atoms with Crippen LogP contribution in [0.2, 0.25) is 0 Å². The number of fused-ring (bicyclic) bond motifs is 1. The Morgan fingerprint density at radius 1 is 1.19 bits per heavy atom. The largest absolute Gasteiger partial charge is 0.486 e. The summed E-state index contributed by atoms with van der Waals surface area (Å²) in [4.78, 5) is 37.9. The molecule has 2 heterocycles. The maximum absolute atomic E-state index is 12.1. The van der Waals surface area contributed by atoms with Crippen LogP contribution in [0.25, 0.3) is 0 Å². The molecule has 1 amide bonds. The number of aromatic amines is 1. The first-order valence-electron chi connectivity index (χ1n) is 8.49. The molecule has 8 nitrogen and oxygen atoms in total. The number of carbonyl (C=O) groups excluding carboxylic acids is 3. The Hall–Kier alpha value is -3.29. The molecule has 0 spiro atoms. The van der Waals surface area contributed by atoms with Crippen LogP contribution in [0.3, 0.4) is 0 Å². The van der Waals surface area contributed by atoms with Crippen molar-refractivity contribution in [2.24, 2.45) is 0 Å². The number of nitrogens with one attached hydrogen (secondary N) is 2. The Balaban J connectivity index is 1.52. The monoisotopic (exact) mass is 372 g/mol. The van der Waals surface area contributed by atoms with Crippen LogP contribution in [-0.2, 0) is 9.53 Å². The molecule has 1 aliphatic heterocycles. The van der Waals surface area contributed by atoms with Crippen molar-refractivity contribution in [1.29, 1.82) is 0 Å². The number of aromatic nitrogens is 1. The molecule has 0 saturated carbocycles. The smallest absolute Gasteiger partial charge is 0.355 e. The highest BCUT2D eigenvalue weighted by Gasteiger charge is 2.17. The summed E-state index contributed by atoms with van der Waals surface area (Å²) in [5.74, 6) is -0.00218. The SMILES string of the molecule is CC(=O)c1c[nH]c(C(=O)OCC(=O)N[C@@H](C)c2ccc3c(c2)OCCO3)c1. The number of ketones is 1. The highest BCUT2D eigenvalue weighted by molar-refractivity contribution is 5.97. The lowest BCUT2D eigenvalue weighted by atomic mass is 10.1. The van der Waals surface area contributed by atoms with Crippen LogP contribution in [0.5, 0.6) is 11.5 Å². The van der Waals surface area contributed by atoms with Gasteiger partial charge in [-0.1, -0.05) is 6.07 Å². The van der Waals surface area contributed by atoms with Gasteiger partial charge >= 0.3 is 5.97 Å². The Bertz CT molecular complexity index is 873. The summed E-state index contributed by atoms with van der Waals surface area (Å²) in [6, 6.07) is 6.53. The minimum absolute atomic E-state index is 0.118. The molecule has 1 aromatic carbocycles. The molecule has 1 aliphatic rings. The number of esters is 1. The number of hydrogen-bond donors (Lipinski definition) is 2. The lowest BCUT2D eigenvalue weighted by Gasteiger charge is -2.21. The molecular formula is C19H20N2O6. The number of benzene rings is 1. The van der Waals surface area contributed by atoms with Gasteiger partial charge in [-0.2, -0.15) is 0 Å². The second-order valence-corrected chi connectivity index (χ2v) is 6.13. The molecule has 0 saturated heterocycles. The Labute approximate surface area is 155 Å². The fraction of sp³-hybridized carbons (Fsp3) is 0.316. The minimum Gasteiger partial charge on any atom is -0.486 e. The zero-order chi connectivity index (χ0) is 19.4. The van der Waals surface area contributed by atoms with Gasteiger partial charge in [0.25, 0.3) is 5.91 Å². The van der Waals surface area contributed by atoms with E-state index in [2.05, 4.69) is 10.3 Å². The number of carbonyl (C=O) groups is 3. The number of rotatable bonds is 6. The normalized spacial score (nSPS) is 13.6. The highest BCUT2D eigenvalue weighted by Crippen LogP contribution is 2.32. The molecule has 0 radical (unpaired) electrons. The third-order valence-electron chi connectivity index (χ3n) is 4.09. The molecule has 0 unspecified atom stereocenters. The van der Waals surface area contributed by atoms with Crippen molar-refractivity contribution >= 4 is 17.7 Å². The minimum atomic E-state index is -0.704. The van der Waals surface area contributed by atoms with Crippen molar-refractivity contribution in [2.75, 3.05) is 19.8 Å². The number of ether oxygens (including phenoxy) is 3. The van der Waals surface area contributed by atoms with Crippen LogP contribution < -0.4 is 14.8 Å². The first-order valence-corrected chi connectivity index (χ1v) is 8.49. The van der Waals surface area contributed by atoms with Crippen LogP contribution >= 0.6 is 0 Å². The van der Waals surface area contributed by atoms with Gasteiger partial charge in [-0.25, -0.2) is 4.79 Å². The zero-order valence-corrected chi connectivity index (χ0v) is 15.0. The van der Waals surface area contributed by atoms with E-state index in [0.717, 1.165) is 5.56 Å². The average Bonchev–Trinajstić information content (AvgIpc) is 3.16. The summed E-state index contributed by atoms with van der Waals surface area (Å²) >= 11 is 0. The van der Waals surface area contributed by atoms with Crippen LogP contribution in [0.15, 0.2) is 30.5 Å². The third-order valence-corrected chi connectivity index (χ3v) is 4.09. The second kappa shape index (κ2) is 7.94. The molecule has 2 aromatic rings. The number of Topliss-reactive ketones (excluding diaryl/α,β-unsaturated/α-hetero) is 1. The summed E-state index contributed by atoms with van der Waals surface area (Å²) in [5, 5.41) is 2.76. The van der Waals surface area contributed by atoms with Crippen molar-refractivity contribution in [2.45, 2.75) is 19.9 Å². The number of amides is 1. The van der Waals surface area contributed by atoms with Crippen molar-refractivity contribution in [3.63, 3.8) is 0 Å². The van der Waals surface area contributed by atoms with E-state index >= 15 is 0 Å². The van der Waals surface area contributed by atoms with E-state index < -0.39 is 18.5 Å². The summed E-state index contributed by atoms with van der Waals surface area (Å²) in [6.45, 7) is 3.78. The van der Waals surface area contributed by atoms with E-state index in [-0.39, 0.29) is 17.5 Å². The fourth-order valence-electron chi connectivity index (χ4n) is 2.62. The van der Waals surface area contributed by atoms with E-state index in [4.69, 9.17) is 14.2 Å². The van der Waals surface area contributed by atoms with Gasteiger partial charge in [0.2, 0.25) is 0 Å². The van der Waals surface area contributed by atoms with Crippen molar-refractivity contribution in [3.8, 4) is 11.5 Å². The first kappa shape index (κ1) is 18.5. The molecule has 142 valence electrons. The third kappa shape index (κ3) is 4.46. The van der Waals surface area contributed by atoms with Crippen molar-refractivity contribution in [3.05, 3.63) is 47.3 Å². The summed E-state index contributed by atoms with van der Waals surface area (Å²) in [5.41, 5.74) is 1.33. The van der Waals surface area contributed by atoms with Crippen molar-refractivity contribution < 1.29 is 28.6 Å². The molecule has 8 heteroatoms. The Kier molecular flexibility index (Phi) is 5.44. The van der Waals surface area contributed by atoms with Gasteiger partial charge in [0.05, 0.1) is 6.04 Å². The molecule has 27 heavy (non-hydrogen) atoms. The van der Waals surface area contributed by atoms with Crippen molar-refractivity contribution in [1.82, 2.24) is 10.3 Å². The summed E-state index contributed by atoms with van der Waals surface area (Å²) in [6.07, 6.45) is 1.42. The van der Waals surface area contributed by atoms with Gasteiger partial charge in [0, 0.05) is 11.8 Å². The quantitative estimate of drug-likeness (QED) is 0.593. The molecule has 0 fully saturated rings. The number of hydrogen-bond acceptors (Lipinski definition) is 6. The summed E-state index contributed by atoms with van der Waals surface area (Å²) in [7, 11) is 0. The van der Waals surface area contributed by atoms with Gasteiger partial charge in [-0.05, 0) is 37.6 Å². The lowest BCUT2D eigenvalue weighted by Crippen LogP contribution is -2.31. The van der Waals surface area contributed by atoms with E-state index in [1.54, 1.807) is 6.07 Å². The van der Waals surface area contributed by atoms with Crippen LogP contribution in [0.4, 0.5) is 0 Å². The van der Waals surface area contributed by atoms with Gasteiger partial charge in [0.15, 0.2) is 23.9 Å². The van der Waals surface area contributed by atoms with E-state index in [9.17, 15) is 14.4 Å². The molecule has 3 rings (SSSR count). The number of H-pyrrole nitrogens is 1. The van der Waals surface area contributed by atoms with Crippen LogP contribution in [0, 0.1) is 0 Å². The standard InChI is InChI=1S/C19H20N2O6/c1-11(13-3-4-16-17(8-13)26-6-5-25-16)21-18(23)10-27-19(24)15-7-14(9-20-15)12(2)22/h3-4,7-9,11,20H,5-6,10H2,1-2H3,(H,21,23)/t11-/m0/s1. The predicted octanol–water partition coefficient (Wildman–Crippen LogP) is 2.02. The Morgan fingerprint density at radius 3 is 2.63 bits per heavy atom. The van der Waals surface area contributed by atoms with Gasteiger partial charge in [0.1, 0.15) is 18.9 Å². The van der Waals surface area contributed by atoms with E-state index in [0.29, 0.717) is 30.3 Å². The Morgan fingerprint density at radius 2 is 1.93 bits per heavy atom. The molecule has 1 atom stereocenters. The highest BCUT2D eigenvalue weighted by atomic mass is 16.6. The van der Waals surface area contributed by atoms with E-state index in [1.807, 2.05) is 19.1 Å². The van der Waals surface area contributed by atoms with Gasteiger partial charge in [-0.3, -0.25) is 9.59 Å². The van der Waals surface area contributed by atoms with Crippen LogP contribution in [0.1, 0.15) is 46.3 Å². The van der Waals surface area contributed by atoms with Gasteiger partial charge in [-0.15, -0.1) is 0 Å². The lowest BCUT2D eigenvalue weighted by molar-refractivity contribution is -0.124. The van der Waals surface area contributed by atoms with E-state index in [1.165, 1.54) is 19.2 Å². The predicted molar refractivity (Wildman–Crippen MR) is 95.1 cm³/mol. The zero-order valence-electron chi connectivity index (χ0n) is 15.0. The second-order valence-electron chi connectivity index (χ2n) is 6.13.